The van der Waals surface area contributed by atoms with Crippen molar-refractivity contribution >= 4 is 17.3 Å². The van der Waals surface area contributed by atoms with Crippen LogP contribution in [0.25, 0.3) is 0 Å². The van der Waals surface area contributed by atoms with E-state index in [2.05, 4.69) is 24.0 Å². The van der Waals surface area contributed by atoms with Crippen LogP contribution >= 0.6 is 11.6 Å². The number of nitrogens with two attached hydrogens (primary N) is 1. The summed E-state index contributed by atoms with van der Waals surface area (Å²) in [6, 6.07) is 6.81. The van der Waals surface area contributed by atoms with Crippen LogP contribution in [0.1, 0.15) is 38.2 Å². The molecule has 1 aliphatic rings. The number of hydrogen-bond donors (Lipinski definition) is 1. The highest BCUT2D eigenvalue weighted by Crippen LogP contribution is 2.31. The fraction of sp³-hybridized carbons (Fsp3) is 0.600. The predicted molar refractivity (Wildman–Crippen MR) is 79.5 cm³/mol. The van der Waals surface area contributed by atoms with Crippen molar-refractivity contribution in [1.82, 2.24) is 0 Å². The second-order valence-corrected chi connectivity index (χ2v) is 5.58. The van der Waals surface area contributed by atoms with Gasteiger partial charge in [0.2, 0.25) is 0 Å². The molecule has 2 nitrogen and oxygen atoms in total. The average Bonchev–Trinajstić information content (AvgIpc) is 2.57. The molecule has 0 aliphatic carbocycles. The van der Waals surface area contributed by atoms with Gasteiger partial charge in [0.25, 0.3) is 0 Å². The molecule has 0 radical (unpaired) electrons. The van der Waals surface area contributed by atoms with Gasteiger partial charge in [-0.15, -0.1) is 0 Å². The van der Waals surface area contributed by atoms with Gasteiger partial charge < -0.3 is 10.6 Å². The molecule has 1 saturated heterocycles. The molecule has 3 heteroatoms. The first-order chi connectivity index (χ1) is 8.74. The number of rotatable bonds is 3. The Morgan fingerprint density at radius 1 is 1.33 bits per heavy atom. The summed E-state index contributed by atoms with van der Waals surface area (Å²) in [6.07, 6.45) is 6.09. The van der Waals surface area contributed by atoms with E-state index < -0.39 is 0 Å². The van der Waals surface area contributed by atoms with Crippen molar-refractivity contribution in [3.63, 3.8) is 0 Å². The van der Waals surface area contributed by atoms with Crippen molar-refractivity contribution in [1.29, 1.82) is 0 Å². The van der Waals surface area contributed by atoms with E-state index >= 15 is 0 Å². The lowest BCUT2D eigenvalue weighted by Crippen LogP contribution is -2.33. The Labute approximate surface area is 115 Å². The van der Waals surface area contributed by atoms with Crippen molar-refractivity contribution < 1.29 is 0 Å². The van der Waals surface area contributed by atoms with Crippen LogP contribution < -0.4 is 10.6 Å². The van der Waals surface area contributed by atoms with Gasteiger partial charge in [-0.25, -0.2) is 0 Å². The van der Waals surface area contributed by atoms with E-state index in [0.29, 0.717) is 12.6 Å². The summed E-state index contributed by atoms with van der Waals surface area (Å²) in [5.74, 6) is 0. The maximum atomic E-state index is 6.33. The van der Waals surface area contributed by atoms with E-state index in [9.17, 15) is 0 Å². The lowest BCUT2D eigenvalue weighted by molar-refractivity contribution is 0.614. The smallest absolute Gasteiger partial charge is 0.0459 e. The summed E-state index contributed by atoms with van der Waals surface area (Å²) < 4.78 is 0. The van der Waals surface area contributed by atoms with Crippen LogP contribution in [0, 0.1) is 0 Å². The van der Waals surface area contributed by atoms with Crippen LogP contribution in [-0.2, 0) is 6.42 Å². The Morgan fingerprint density at radius 3 is 2.94 bits per heavy atom. The third-order valence-corrected chi connectivity index (χ3v) is 4.20. The zero-order valence-electron chi connectivity index (χ0n) is 11.2. The Kier molecular flexibility index (Phi) is 4.90. The summed E-state index contributed by atoms with van der Waals surface area (Å²) in [7, 11) is 0. The zero-order chi connectivity index (χ0) is 13.0. The zero-order valence-corrected chi connectivity index (χ0v) is 11.9. The summed E-state index contributed by atoms with van der Waals surface area (Å²) in [5, 5.41) is 0.856. The topological polar surface area (TPSA) is 29.3 Å². The summed E-state index contributed by atoms with van der Waals surface area (Å²) in [5.41, 5.74) is 8.23. The average molecular weight is 267 g/mol. The molecule has 1 heterocycles. The van der Waals surface area contributed by atoms with Crippen LogP contribution in [-0.4, -0.2) is 19.1 Å². The molecule has 1 aromatic carbocycles. The molecule has 0 saturated carbocycles. The SMILES string of the molecule is CC1CCCCCN1c1cccc(Cl)c1CCN. The van der Waals surface area contributed by atoms with Gasteiger partial charge in [-0.2, -0.15) is 0 Å². The Hall–Kier alpha value is -0.730. The number of anilines is 1. The Morgan fingerprint density at radius 2 is 2.17 bits per heavy atom. The van der Waals surface area contributed by atoms with Gasteiger partial charge in [-0.3, -0.25) is 0 Å². The molecule has 2 rings (SSSR count). The minimum Gasteiger partial charge on any atom is -0.369 e. The summed E-state index contributed by atoms with van der Waals surface area (Å²) in [4.78, 5) is 2.52. The molecule has 1 unspecified atom stereocenters. The standard InChI is InChI=1S/C15H23ClN2/c1-12-6-3-2-4-11-18(12)15-8-5-7-14(16)13(15)9-10-17/h5,7-8,12H,2-4,6,9-11,17H2,1H3. The highest BCUT2D eigenvalue weighted by Gasteiger charge is 2.20. The fourth-order valence-corrected chi connectivity index (χ4v) is 3.11. The Bertz CT molecular complexity index is 392. The summed E-state index contributed by atoms with van der Waals surface area (Å²) >= 11 is 6.33. The van der Waals surface area contributed by atoms with E-state index in [4.69, 9.17) is 17.3 Å². The molecule has 100 valence electrons. The monoisotopic (exact) mass is 266 g/mol. The molecule has 2 N–H and O–H groups in total. The van der Waals surface area contributed by atoms with E-state index in [-0.39, 0.29) is 0 Å². The van der Waals surface area contributed by atoms with Crippen molar-refractivity contribution in [3.8, 4) is 0 Å². The molecular formula is C15H23ClN2. The van der Waals surface area contributed by atoms with Gasteiger partial charge in [0, 0.05) is 23.3 Å². The van der Waals surface area contributed by atoms with Gasteiger partial charge in [-0.1, -0.05) is 30.5 Å². The maximum absolute atomic E-state index is 6.33. The molecule has 0 spiro atoms. The van der Waals surface area contributed by atoms with Gasteiger partial charge in [-0.05, 0) is 50.4 Å². The molecular weight excluding hydrogens is 244 g/mol. The second kappa shape index (κ2) is 6.44. The first kappa shape index (κ1) is 13.7. The normalized spacial score (nSPS) is 20.8. The van der Waals surface area contributed by atoms with Crippen LogP contribution in [0.4, 0.5) is 5.69 Å². The lowest BCUT2D eigenvalue weighted by atomic mass is 10.1. The molecule has 1 aromatic rings. The number of hydrogen-bond acceptors (Lipinski definition) is 2. The largest absolute Gasteiger partial charge is 0.369 e. The molecule has 0 aromatic heterocycles. The number of nitrogens with zero attached hydrogens (tertiary/aromatic N) is 1. The van der Waals surface area contributed by atoms with Crippen LogP contribution in [0.15, 0.2) is 18.2 Å². The van der Waals surface area contributed by atoms with Gasteiger partial charge in [0.15, 0.2) is 0 Å². The highest BCUT2D eigenvalue weighted by atomic mass is 35.5. The van der Waals surface area contributed by atoms with Gasteiger partial charge in [0.1, 0.15) is 0 Å². The van der Waals surface area contributed by atoms with Crippen LogP contribution in [0.3, 0.4) is 0 Å². The minimum absolute atomic E-state index is 0.600. The fourth-order valence-electron chi connectivity index (χ4n) is 2.84. The third-order valence-electron chi connectivity index (χ3n) is 3.85. The Balaban J connectivity index is 2.32. The lowest BCUT2D eigenvalue weighted by Gasteiger charge is -2.31. The van der Waals surface area contributed by atoms with Crippen LogP contribution in [0.2, 0.25) is 5.02 Å². The molecule has 0 amide bonds. The van der Waals surface area contributed by atoms with Crippen molar-refractivity contribution in [2.45, 2.75) is 45.1 Å². The van der Waals surface area contributed by atoms with Crippen LogP contribution in [0.5, 0.6) is 0 Å². The first-order valence-corrected chi connectivity index (χ1v) is 7.36. The number of benzene rings is 1. The molecule has 1 atom stereocenters. The van der Waals surface area contributed by atoms with Crippen molar-refractivity contribution in [2.24, 2.45) is 5.73 Å². The molecule has 0 bridgehead atoms. The van der Waals surface area contributed by atoms with E-state index in [1.807, 2.05) is 6.07 Å². The van der Waals surface area contributed by atoms with E-state index in [0.717, 1.165) is 18.0 Å². The third kappa shape index (κ3) is 2.99. The van der Waals surface area contributed by atoms with Gasteiger partial charge >= 0.3 is 0 Å². The van der Waals surface area contributed by atoms with E-state index in [1.54, 1.807) is 0 Å². The minimum atomic E-state index is 0.600. The predicted octanol–water partition coefficient (Wildman–Crippen LogP) is 3.61. The quantitative estimate of drug-likeness (QED) is 0.906. The van der Waals surface area contributed by atoms with Gasteiger partial charge in [0.05, 0.1) is 0 Å². The van der Waals surface area contributed by atoms with Crippen molar-refractivity contribution in [3.05, 3.63) is 28.8 Å². The molecule has 18 heavy (non-hydrogen) atoms. The van der Waals surface area contributed by atoms with Crippen molar-refractivity contribution in [2.75, 3.05) is 18.0 Å². The molecule has 1 aliphatic heterocycles. The number of halogens is 1. The first-order valence-electron chi connectivity index (χ1n) is 6.98. The van der Waals surface area contributed by atoms with E-state index in [1.165, 1.54) is 36.9 Å². The highest BCUT2D eigenvalue weighted by molar-refractivity contribution is 6.31. The summed E-state index contributed by atoms with van der Waals surface area (Å²) in [6.45, 7) is 4.11. The second-order valence-electron chi connectivity index (χ2n) is 5.17. The maximum Gasteiger partial charge on any atom is 0.0459 e. The molecule has 1 fully saturated rings.